The van der Waals surface area contributed by atoms with Crippen LogP contribution in [-0.2, 0) is 0 Å². The third-order valence-corrected chi connectivity index (χ3v) is 2.76. The first-order chi connectivity index (χ1) is 9.78. The number of carbonyl (C=O) groups excluding carboxylic acids is 1. The Kier molecular flexibility index (Phi) is 6.03. The Labute approximate surface area is 126 Å². The van der Waals surface area contributed by atoms with Crippen molar-refractivity contribution in [2.75, 3.05) is 26.8 Å². The summed E-state index contributed by atoms with van der Waals surface area (Å²) in [6.45, 7) is 8.39. The molecule has 0 aliphatic rings. The molecule has 1 rings (SSSR count). The number of ether oxygens (including phenoxy) is 2. The molecule has 5 heteroatoms. The number of hydrogen-bond acceptors (Lipinski definition) is 4. The van der Waals surface area contributed by atoms with Gasteiger partial charge in [-0.15, -0.1) is 0 Å². The highest BCUT2D eigenvalue weighted by atomic mass is 16.5. The van der Waals surface area contributed by atoms with Gasteiger partial charge in [0.1, 0.15) is 0 Å². The first kappa shape index (κ1) is 17.3. The standard InChI is InChI=1S/C16H25NO4/c1-6-20-13-9-8-12(10-14(13)21-7-2)15(18)17(5)11-16(3,4)19/h8-10,19H,6-7,11H2,1-5H3. The van der Waals surface area contributed by atoms with Crippen LogP contribution in [0.3, 0.4) is 0 Å². The SMILES string of the molecule is CCOc1ccc(C(=O)N(C)CC(C)(C)O)cc1OCC. The summed E-state index contributed by atoms with van der Waals surface area (Å²) in [7, 11) is 1.66. The van der Waals surface area contributed by atoms with E-state index in [1.54, 1.807) is 39.1 Å². The third kappa shape index (κ3) is 5.27. The normalized spacial score (nSPS) is 11.1. The highest BCUT2D eigenvalue weighted by Crippen LogP contribution is 2.29. The predicted octanol–water partition coefficient (Wildman–Crippen LogP) is 2.33. The Bertz CT molecular complexity index is 480. The Hall–Kier alpha value is -1.75. The van der Waals surface area contributed by atoms with E-state index in [4.69, 9.17) is 9.47 Å². The monoisotopic (exact) mass is 295 g/mol. The lowest BCUT2D eigenvalue weighted by atomic mass is 10.1. The molecule has 0 radical (unpaired) electrons. The summed E-state index contributed by atoms with van der Waals surface area (Å²) in [5.41, 5.74) is -0.424. The molecule has 0 heterocycles. The van der Waals surface area contributed by atoms with E-state index in [-0.39, 0.29) is 12.5 Å². The zero-order chi connectivity index (χ0) is 16.0. The van der Waals surface area contributed by atoms with Crippen molar-refractivity contribution < 1.29 is 19.4 Å². The maximum absolute atomic E-state index is 12.4. The molecule has 5 nitrogen and oxygen atoms in total. The largest absolute Gasteiger partial charge is 0.490 e. The lowest BCUT2D eigenvalue weighted by Gasteiger charge is -2.25. The van der Waals surface area contributed by atoms with Crippen molar-refractivity contribution in [2.24, 2.45) is 0 Å². The van der Waals surface area contributed by atoms with Crippen LogP contribution in [-0.4, -0.2) is 48.3 Å². The summed E-state index contributed by atoms with van der Waals surface area (Å²) in [6.07, 6.45) is 0. The van der Waals surface area contributed by atoms with E-state index in [2.05, 4.69) is 0 Å². The second-order valence-corrected chi connectivity index (χ2v) is 5.50. The number of aliphatic hydroxyl groups is 1. The fourth-order valence-corrected chi connectivity index (χ4v) is 2.06. The average Bonchev–Trinajstić information content (AvgIpc) is 2.38. The highest BCUT2D eigenvalue weighted by Gasteiger charge is 2.21. The van der Waals surface area contributed by atoms with Crippen LogP contribution in [0, 0.1) is 0 Å². The van der Waals surface area contributed by atoms with Gasteiger partial charge in [-0.2, -0.15) is 0 Å². The quantitative estimate of drug-likeness (QED) is 0.838. The summed E-state index contributed by atoms with van der Waals surface area (Å²) >= 11 is 0. The van der Waals surface area contributed by atoms with Gasteiger partial charge in [-0.3, -0.25) is 4.79 Å². The Balaban J connectivity index is 2.97. The minimum Gasteiger partial charge on any atom is -0.490 e. The van der Waals surface area contributed by atoms with Crippen LogP contribution in [0.15, 0.2) is 18.2 Å². The number of hydrogen-bond donors (Lipinski definition) is 1. The van der Waals surface area contributed by atoms with E-state index in [0.717, 1.165) is 0 Å². The molecule has 0 saturated carbocycles. The van der Waals surface area contributed by atoms with Crippen LogP contribution in [0.25, 0.3) is 0 Å². The van der Waals surface area contributed by atoms with Crippen molar-refractivity contribution in [1.82, 2.24) is 4.90 Å². The number of amides is 1. The zero-order valence-corrected chi connectivity index (χ0v) is 13.5. The molecule has 1 amide bonds. The maximum Gasteiger partial charge on any atom is 0.253 e. The molecule has 21 heavy (non-hydrogen) atoms. The van der Waals surface area contributed by atoms with E-state index < -0.39 is 5.60 Å². The van der Waals surface area contributed by atoms with Gasteiger partial charge in [0.15, 0.2) is 11.5 Å². The highest BCUT2D eigenvalue weighted by molar-refractivity contribution is 5.94. The summed E-state index contributed by atoms with van der Waals surface area (Å²) in [4.78, 5) is 13.9. The predicted molar refractivity (Wildman–Crippen MR) is 82.0 cm³/mol. The van der Waals surface area contributed by atoms with Gasteiger partial charge < -0.3 is 19.5 Å². The first-order valence-electron chi connectivity index (χ1n) is 7.16. The number of nitrogens with zero attached hydrogens (tertiary/aromatic N) is 1. The van der Waals surface area contributed by atoms with Crippen LogP contribution >= 0.6 is 0 Å². The van der Waals surface area contributed by atoms with Crippen molar-refractivity contribution in [3.05, 3.63) is 23.8 Å². The van der Waals surface area contributed by atoms with Gasteiger partial charge >= 0.3 is 0 Å². The molecule has 0 aliphatic heterocycles. The van der Waals surface area contributed by atoms with Gasteiger partial charge in [-0.25, -0.2) is 0 Å². The second kappa shape index (κ2) is 7.31. The molecular formula is C16H25NO4. The number of likely N-dealkylation sites (N-methyl/N-ethyl adjacent to an activating group) is 1. The number of carbonyl (C=O) groups is 1. The average molecular weight is 295 g/mol. The zero-order valence-electron chi connectivity index (χ0n) is 13.5. The van der Waals surface area contributed by atoms with Gasteiger partial charge in [0, 0.05) is 19.2 Å². The minimum atomic E-state index is -0.932. The fourth-order valence-electron chi connectivity index (χ4n) is 2.06. The molecule has 1 aromatic carbocycles. The van der Waals surface area contributed by atoms with E-state index in [0.29, 0.717) is 30.3 Å². The molecule has 0 bridgehead atoms. The smallest absolute Gasteiger partial charge is 0.253 e. The second-order valence-electron chi connectivity index (χ2n) is 5.50. The molecular weight excluding hydrogens is 270 g/mol. The van der Waals surface area contributed by atoms with E-state index >= 15 is 0 Å². The minimum absolute atomic E-state index is 0.166. The van der Waals surface area contributed by atoms with Crippen LogP contribution in [0.5, 0.6) is 11.5 Å². The molecule has 0 atom stereocenters. The van der Waals surface area contributed by atoms with Crippen molar-refractivity contribution in [2.45, 2.75) is 33.3 Å². The van der Waals surface area contributed by atoms with Crippen molar-refractivity contribution >= 4 is 5.91 Å². The molecule has 0 aromatic heterocycles. The van der Waals surface area contributed by atoms with Crippen molar-refractivity contribution in [3.8, 4) is 11.5 Å². The molecule has 0 spiro atoms. The van der Waals surface area contributed by atoms with Crippen molar-refractivity contribution in [3.63, 3.8) is 0 Å². The van der Waals surface area contributed by atoms with Gasteiger partial charge in [0.05, 0.1) is 18.8 Å². The molecule has 118 valence electrons. The van der Waals surface area contributed by atoms with E-state index in [1.165, 1.54) is 4.90 Å². The van der Waals surface area contributed by atoms with E-state index in [9.17, 15) is 9.90 Å². The third-order valence-electron chi connectivity index (χ3n) is 2.76. The Morgan fingerprint density at radius 1 is 1.19 bits per heavy atom. The van der Waals surface area contributed by atoms with Gasteiger partial charge in [0.2, 0.25) is 0 Å². The lowest BCUT2D eigenvalue weighted by molar-refractivity contribution is 0.0367. The van der Waals surface area contributed by atoms with Crippen LogP contribution in [0.1, 0.15) is 38.1 Å². The topological polar surface area (TPSA) is 59.0 Å². The Morgan fingerprint density at radius 3 is 2.29 bits per heavy atom. The van der Waals surface area contributed by atoms with Crippen molar-refractivity contribution in [1.29, 1.82) is 0 Å². The van der Waals surface area contributed by atoms with Gasteiger partial charge in [-0.05, 0) is 45.9 Å². The van der Waals surface area contributed by atoms with Gasteiger partial charge in [-0.1, -0.05) is 0 Å². The van der Waals surface area contributed by atoms with Gasteiger partial charge in [0.25, 0.3) is 5.91 Å². The van der Waals surface area contributed by atoms with Crippen LogP contribution < -0.4 is 9.47 Å². The molecule has 0 aliphatic carbocycles. The summed E-state index contributed by atoms with van der Waals surface area (Å²) in [5, 5.41) is 9.80. The number of rotatable bonds is 7. The molecule has 0 unspecified atom stereocenters. The summed E-state index contributed by atoms with van der Waals surface area (Å²) in [5.74, 6) is 1.02. The van der Waals surface area contributed by atoms with Crippen LogP contribution in [0.2, 0.25) is 0 Å². The molecule has 0 fully saturated rings. The Morgan fingerprint density at radius 2 is 1.76 bits per heavy atom. The molecule has 1 aromatic rings. The van der Waals surface area contributed by atoms with Crippen LogP contribution in [0.4, 0.5) is 0 Å². The number of benzene rings is 1. The maximum atomic E-state index is 12.4. The summed E-state index contributed by atoms with van der Waals surface area (Å²) in [6, 6.07) is 5.12. The molecule has 0 saturated heterocycles. The summed E-state index contributed by atoms with van der Waals surface area (Å²) < 4.78 is 11.0. The fraction of sp³-hybridized carbons (Fsp3) is 0.562. The first-order valence-corrected chi connectivity index (χ1v) is 7.16. The lowest BCUT2D eigenvalue weighted by Crippen LogP contribution is -2.39. The molecule has 1 N–H and O–H groups in total. The van der Waals surface area contributed by atoms with E-state index in [1.807, 2.05) is 13.8 Å².